The number of aromatic amines is 1. The Labute approximate surface area is 242 Å². The number of amidine groups is 1. The number of anilines is 1. The highest BCUT2D eigenvalue weighted by atomic mass is 35.5. The summed E-state index contributed by atoms with van der Waals surface area (Å²) in [4.78, 5) is 47.8. The van der Waals surface area contributed by atoms with Crippen LogP contribution in [0.3, 0.4) is 0 Å². The first kappa shape index (κ1) is 27.3. The number of likely N-dealkylation sites (tertiary alicyclic amines) is 1. The first-order valence-electron chi connectivity index (χ1n) is 13.5. The van der Waals surface area contributed by atoms with Crippen molar-refractivity contribution in [2.45, 2.75) is 37.8 Å². The van der Waals surface area contributed by atoms with Gasteiger partial charge in [0.05, 0.1) is 23.0 Å². The van der Waals surface area contributed by atoms with E-state index in [9.17, 15) is 22.8 Å². The van der Waals surface area contributed by atoms with Gasteiger partial charge in [0.1, 0.15) is 11.9 Å². The van der Waals surface area contributed by atoms with Crippen molar-refractivity contribution >= 4 is 61.9 Å². The molecule has 3 aromatic rings. The van der Waals surface area contributed by atoms with Crippen LogP contribution in [-0.2, 0) is 14.8 Å². The summed E-state index contributed by atoms with van der Waals surface area (Å²) in [5.74, 6) is -0.397. The highest BCUT2D eigenvalue weighted by Gasteiger charge is 2.51. The Morgan fingerprint density at radius 3 is 2.44 bits per heavy atom. The number of benzene rings is 2. The van der Waals surface area contributed by atoms with E-state index in [4.69, 9.17) is 11.6 Å². The molecule has 41 heavy (non-hydrogen) atoms. The predicted molar refractivity (Wildman–Crippen MR) is 156 cm³/mol. The molecular weight excluding hydrogens is 568 g/mol. The summed E-state index contributed by atoms with van der Waals surface area (Å²) in [5.41, 5.74) is 2.10. The molecule has 0 spiro atoms. The second kappa shape index (κ2) is 10.5. The van der Waals surface area contributed by atoms with E-state index in [0.29, 0.717) is 60.1 Å². The van der Waals surface area contributed by atoms with E-state index in [-0.39, 0.29) is 5.91 Å². The number of carbonyl (C=O) groups is 3. The number of aromatic nitrogens is 1. The van der Waals surface area contributed by atoms with Gasteiger partial charge in [0.2, 0.25) is 0 Å². The Morgan fingerprint density at radius 1 is 1.02 bits per heavy atom. The van der Waals surface area contributed by atoms with Crippen molar-refractivity contribution < 1.29 is 22.8 Å². The number of amides is 4. The largest absolute Gasteiger partial charge is 0.360 e. The standard InChI is InChI=1S/C28H29ClN6O5S/c1-41(39,40)32-25(33-12-2-3-13-33)17-6-9-19(10-7-17)35-27(37)24-22(5-4-14-34(24)28(35)38)31-26(36)18-8-11-20-21(29)16-30-23(20)15-18/h6-11,15-16,22,24,30H,2-5,12-14H2,1H3,(H,31,36)/t22-,24+/m1/s1. The van der Waals surface area contributed by atoms with E-state index in [0.717, 1.165) is 34.9 Å². The molecule has 11 nitrogen and oxygen atoms in total. The van der Waals surface area contributed by atoms with Crippen LogP contribution < -0.4 is 10.2 Å². The third-order valence-corrected chi connectivity index (χ3v) is 8.61. The van der Waals surface area contributed by atoms with E-state index in [1.165, 1.54) is 4.90 Å². The molecule has 3 aliphatic heterocycles. The van der Waals surface area contributed by atoms with Crippen molar-refractivity contribution in [3.63, 3.8) is 0 Å². The van der Waals surface area contributed by atoms with Gasteiger partial charge in [-0.2, -0.15) is 0 Å². The van der Waals surface area contributed by atoms with Crippen molar-refractivity contribution in [1.29, 1.82) is 0 Å². The molecule has 3 saturated heterocycles. The molecule has 1 aromatic heterocycles. The van der Waals surface area contributed by atoms with E-state index < -0.39 is 34.0 Å². The number of urea groups is 1. The SMILES string of the molecule is CS(=O)(=O)N=C(c1ccc(N2C(=O)[C@@H]3[C@H](NC(=O)c4ccc5c(Cl)c[nH]c5c4)CCCN3C2=O)cc1)N1CCCC1. The average Bonchev–Trinajstić information content (AvgIpc) is 3.67. The van der Waals surface area contributed by atoms with Crippen LogP contribution in [0, 0.1) is 0 Å². The molecule has 0 aliphatic carbocycles. The zero-order valence-corrected chi connectivity index (χ0v) is 23.9. The zero-order valence-electron chi connectivity index (χ0n) is 22.3. The van der Waals surface area contributed by atoms with Crippen molar-refractivity contribution in [2.75, 3.05) is 30.8 Å². The number of halogens is 1. The lowest BCUT2D eigenvalue weighted by Gasteiger charge is -2.34. The average molecular weight is 597 g/mol. The van der Waals surface area contributed by atoms with Crippen LogP contribution >= 0.6 is 11.6 Å². The molecule has 214 valence electrons. The fourth-order valence-electron chi connectivity index (χ4n) is 5.88. The highest BCUT2D eigenvalue weighted by molar-refractivity contribution is 7.89. The van der Waals surface area contributed by atoms with Crippen molar-refractivity contribution in [1.82, 2.24) is 20.1 Å². The molecule has 6 rings (SSSR count). The normalized spacial score (nSPS) is 21.6. The molecule has 4 heterocycles. The number of carbonyl (C=O) groups excluding carboxylic acids is 3. The minimum atomic E-state index is -3.63. The Hall–Kier alpha value is -3.90. The first-order chi connectivity index (χ1) is 19.6. The van der Waals surface area contributed by atoms with Crippen molar-refractivity contribution in [3.8, 4) is 0 Å². The number of nitrogens with zero attached hydrogens (tertiary/aromatic N) is 4. The van der Waals surface area contributed by atoms with Crippen molar-refractivity contribution in [2.24, 2.45) is 4.40 Å². The van der Waals surface area contributed by atoms with Crippen LogP contribution in [0.4, 0.5) is 10.5 Å². The molecule has 2 N–H and O–H groups in total. The Morgan fingerprint density at radius 2 is 1.73 bits per heavy atom. The third-order valence-electron chi connectivity index (χ3n) is 7.79. The molecule has 0 saturated carbocycles. The summed E-state index contributed by atoms with van der Waals surface area (Å²) in [6, 6.07) is 9.94. The van der Waals surface area contributed by atoms with Gasteiger partial charge in [-0.25, -0.2) is 18.1 Å². The van der Waals surface area contributed by atoms with E-state index in [1.54, 1.807) is 48.7 Å². The molecule has 3 fully saturated rings. The van der Waals surface area contributed by atoms with Gasteiger partial charge in [0.25, 0.3) is 21.8 Å². The third kappa shape index (κ3) is 5.17. The first-order valence-corrected chi connectivity index (χ1v) is 15.7. The van der Waals surface area contributed by atoms with Gasteiger partial charge in [-0.05, 0) is 62.1 Å². The predicted octanol–water partition coefficient (Wildman–Crippen LogP) is 3.35. The van der Waals surface area contributed by atoms with E-state index in [1.807, 2.05) is 4.90 Å². The number of sulfonamides is 1. The number of H-pyrrole nitrogens is 1. The summed E-state index contributed by atoms with van der Waals surface area (Å²) < 4.78 is 27.9. The monoisotopic (exact) mass is 596 g/mol. The molecule has 2 atom stereocenters. The van der Waals surface area contributed by atoms with Gasteiger partial charge in [0, 0.05) is 47.9 Å². The molecule has 3 aliphatic rings. The quantitative estimate of drug-likeness (QED) is 0.263. The zero-order chi connectivity index (χ0) is 28.9. The smallest absolute Gasteiger partial charge is 0.332 e. The second-order valence-corrected chi connectivity index (χ2v) is 12.7. The summed E-state index contributed by atoms with van der Waals surface area (Å²) in [7, 11) is -3.63. The fourth-order valence-corrected chi connectivity index (χ4v) is 6.64. The number of rotatable bonds is 5. The van der Waals surface area contributed by atoms with Crippen LogP contribution in [0.1, 0.15) is 41.6 Å². The topological polar surface area (TPSA) is 135 Å². The highest BCUT2D eigenvalue weighted by Crippen LogP contribution is 2.32. The van der Waals surface area contributed by atoms with Gasteiger partial charge >= 0.3 is 6.03 Å². The minimum absolute atomic E-state index is 0.341. The summed E-state index contributed by atoms with van der Waals surface area (Å²) >= 11 is 6.15. The Kier molecular flexibility index (Phi) is 6.98. The lowest BCUT2D eigenvalue weighted by atomic mass is 9.96. The number of imide groups is 1. The van der Waals surface area contributed by atoms with Gasteiger partial charge in [-0.3, -0.25) is 9.59 Å². The maximum atomic E-state index is 13.7. The van der Waals surface area contributed by atoms with Crippen LogP contribution in [0.25, 0.3) is 10.9 Å². The fraction of sp³-hybridized carbons (Fsp3) is 0.357. The molecule has 0 unspecified atom stereocenters. The number of hydrogen-bond donors (Lipinski definition) is 2. The van der Waals surface area contributed by atoms with Crippen LogP contribution in [0.2, 0.25) is 5.02 Å². The maximum Gasteiger partial charge on any atom is 0.332 e. The van der Waals surface area contributed by atoms with Gasteiger partial charge in [-0.15, -0.1) is 4.40 Å². The van der Waals surface area contributed by atoms with E-state index >= 15 is 0 Å². The second-order valence-electron chi connectivity index (χ2n) is 10.6. The number of fused-ring (bicyclic) bond motifs is 2. The minimum Gasteiger partial charge on any atom is -0.360 e. The van der Waals surface area contributed by atoms with Gasteiger partial charge in [0.15, 0.2) is 0 Å². The number of piperidine rings is 1. The molecule has 4 amide bonds. The van der Waals surface area contributed by atoms with Gasteiger partial charge < -0.3 is 20.1 Å². The summed E-state index contributed by atoms with van der Waals surface area (Å²) in [6.45, 7) is 1.81. The van der Waals surface area contributed by atoms with E-state index in [2.05, 4.69) is 14.7 Å². The molecule has 0 bridgehead atoms. The van der Waals surface area contributed by atoms with Gasteiger partial charge in [-0.1, -0.05) is 17.7 Å². The van der Waals surface area contributed by atoms with Crippen molar-refractivity contribution in [3.05, 3.63) is 64.8 Å². The summed E-state index contributed by atoms with van der Waals surface area (Å²) in [5, 5.41) is 4.34. The molecular formula is C28H29ClN6O5S. The number of nitrogens with one attached hydrogen (secondary N) is 2. The maximum absolute atomic E-state index is 13.7. The summed E-state index contributed by atoms with van der Waals surface area (Å²) in [6.07, 6.45) is 5.79. The number of hydrogen-bond acceptors (Lipinski definition) is 5. The van der Waals surface area contributed by atoms with Crippen LogP contribution in [0.15, 0.2) is 53.1 Å². The Balaban J connectivity index is 1.23. The van der Waals surface area contributed by atoms with Crippen LogP contribution in [0.5, 0.6) is 0 Å². The lowest BCUT2D eigenvalue weighted by molar-refractivity contribution is -0.121. The lowest BCUT2D eigenvalue weighted by Crippen LogP contribution is -2.55. The molecule has 0 radical (unpaired) electrons. The molecule has 13 heteroatoms. The molecule has 2 aromatic carbocycles. The Bertz CT molecular complexity index is 1680. The van der Waals surface area contributed by atoms with Crippen LogP contribution in [-0.4, -0.2) is 84.9 Å².